The molecule has 1 aromatic heterocycles. The van der Waals surface area contributed by atoms with E-state index in [1.165, 1.54) is 11.8 Å². The van der Waals surface area contributed by atoms with Gasteiger partial charge >= 0.3 is 6.09 Å². The zero-order chi connectivity index (χ0) is 22.7. The van der Waals surface area contributed by atoms with Crippen LogP contribution in [-0.4, -0.2) is 65.2 Å². The molecule has 0 aliphatic carbocycles. The summed E-state index contributed by atoms with van der Waals surface area (Å²) in [5.74, 6) is 1.23. The van der Waals surface area contributed by atoms with Gasteiger partial charge in [-0.2, -0.15) is 0 Å². The molecule has 1 aromatic carbocycles. The Hall–Kier alpha value is -3.16. The molecule has 0 saturated carbocycles. The quantitative estimate of drug-likeness (QED) is 0.774. The van der Waals surface area contributed by atoms with Gasteiger partial charge in [-0.15, -0.1) is 0 Å². The van der Waals surface area contributed by atoms with E-state index in [-0.39, 0.29) is 12.0 Å². The number of amides is 2. The number of fused-ring (bicyclic) bond motifs is 1. The van der Waals surface area contributed by atoms with Crippen molar-refractivity contribution >= 4 is 17.8 Å². The SMILES string of the molecule is CC(C)(C)OC(=O)N1C[C@@H]2CN(c3cncc(C(=O)NCCc4ccccc4)n3)C[C@@H]2C1. The molecule has 2 amide bonds. The molecule has 2 atom stereocenters. The van der Waals surface area contributed by atoms with E-state index in [2.05, 4.69) is 20.2 Å². The van der Waals surface area contributed by atoms with Crippen molar-refractivity contribution < 1.29 is 14.3 Å². The van der Waals surface area contributed by atoms with Gasteiger partial charge in [-0.25, -0.2) is 9.78 Å². The first-order valence-corrected chi connectivity index (χ1v) is 11.2. The lowest BCUT2D eigenvalue weighted by Gasteiger charge is -2.26. The summed E-state index contributed by atoms with van der Waals surface area (Å²) in [6, 6.07) is 10.0. The van der Waals surface area contributed by atoms with E-state index < -0.39 is 5.60 Å². The maximum Gasteiger partial charge on any atom is 0.410 e. The molecule has 0 bridgehead atoms. The summed E-state index contributed by atoms with van der Waals surface area (Å²) in [6.45, 7) is 9.14. The summed E-state index contributed by atoms with van der Waals surface area (Å²) in [5, 5.41) is 2.92. The van der Waals surface area contributed by atoms with Crippen LogP contribution in [0.1, 0.15) is 36.8 Å². The third-order valence-electron chi connectivity index (χ3n) is 5.86. The van der Waals surface area contributed by atoms with E-state index in [4.69, 9.17) is 4.74 Å². The minimum atomic E-state index is -0.488. The Kier molecular flexibility index (Phi) is 6.30. The smallest absolute Gasteiger partial charge is 0.410 e. The first-order valence-electron chi connectivity index (χ1n) is 11.2. The Labute approximate surface area is 189 Å². The van der Waals surface area contributed by atoms with Crippen LogP contribution >= 0.6 is 0 Å². The minimum Gasteiger partial charge on any atom is -0.444 e. The molecule has 8 nitrogen and oxygen atoms in total. The van der Waals surface area contributed by atoms with Gasteiger partial charge in [0.2, 0.25) is 0 Å². The molecule has 3 heterocycles. The van der Waals surface area contributed by atoms with E-state index in [9.17, 15) is 9.59 Å². The molecular weight excluding hydrogens is 406 g/mol. The summed E-state index contributed by atoms with van der Waals surface area (Å²) in [6.07, 6.45) is 3.73. The largest absolute Gasteiger partial charge is 0.444 e. The molecule has 2 saturated heterocycles. The Bertz CT molecular complexity index is 946. The van der Waals surface area contributed by atoms with Gasteiger partial charge in [0.25, 0.3) is 5.91 Å². The number of aromatic nitrogens is 2. The highest BCUT2D eigenvalue weighted by molar-refractivity contribution is 5.92. The van der Waals surface area contributed by atoms with Gasteiger partial charge in [0, 0.05) is 44.6 Å². The second-order valence-corrected chi connectivity index (χ2v) is 9.56. The van der Waals surface area contributed by atoms with Crippen LogP contribution in [0, 0.1) is 11.8 Å². The van der Waals surface area contributed by atoms with Gasteiger partial charge in [0.05, 0.1) is 12.4 Å². The molecule has 0 unspecified atom stereocenters. The minimum absolute atomic E-state index is 0.217. The molecule has 32 heavy (non-hydrogen) atoms. The predicted octanol–water partition coefficient (Wildman–Crippen LogP) is 2.75. The lowest BCUT2D eigenvalue weighted by Crippen LogP contribution is -2.37. The second-order valence-electron chi connectivity index (χ2n) is 9.56. The predicted molar refractivity (Wildman–Crippen MR) is 122 cm³/mol. The fraction of sp³-hybridized carbons (Fsp3) is 0.500. The van der Waals surface area contributed by atoms with Gasteiger partial charge in [0.15, 0.2) is 0 Å². The zero-order valence-corrected chi connectivity index (χ0v) is 19.0. The van der Waals surface area contributed by atoms with Crippen molar-refractivity contribution in [1.29, 1.82) is 0 Å². The van der Waals surface area contributed by atoms with Crippen molar-refractivity contribution in [2.45, 2.75) is 32.8 Å². The fourth-order valence-corrected chi connectivity index (χ4v) is 4.33. The zero-order valence-electron chi connectivity index (χ0n) is 19.0. The summed E-state index contributed by atoms with van der Waals surface area (Å²) >= 11 is 0. The third-order valence-corrected chi connectivity index (χ3v) is 5.86. The Morgan fingerprint density at radius 2 is 1.75 bits per heavy atom. The molecule has 170 valence electrons. The molecule has 4 rings (SSSR count). The summed E-state index contributed by atoms with van der Waals surface area (Å²) < 4.78 is 5.51. The fourth-order valence-electron chi connectivity index (χ4n) is 4.33. The Morgan fingerprint density at radius 1 is 1.06 bits per heavy atom. The van der Waals surface area contributed by atoms with E-state index in [0.717, 1.165) is 19.5 Å². The van der Waals surface area contributed by atoms with E-state index in [1.807, 2.05) is 51.1 Å². The molecule has 8 heteroatoms. The first-order chi connectivity index (χ1) is 15.3. The van der Waals surface area contributed by atoms with Gasteiger partial charge < -0.3 is 19.9 Å². The normalized spacial score (nSPS) is 20.2. The van der Waals surface area contributed by atoms with Crippen molar-refractivity contribution in [2.75, 3.05) is 37.6 Å². The number of anilines is 1. The molecule has 2 aliphatic heterocycles. The lowest BCUT2D eigenvalue weighted by molar-refractivity contribution is 0.0282. The van der Waals surface area contributed by atoms with Crippen molar-refractivity contribution in [1.82, 2.24) is 20.2 Å². The van der Waals surface area contributed by atoms with Crippen molar-refractivity contribution in [2.24, 2.45) is 11.8 Å². The summed E-state index contributed by atoms with van der Waals surface area (Å²) in [7, 11) is 0. The van der Waals surface area contributed by atoms with Crippen LogP contribution in [0.3, 0.4) is 0 Å². The Morgan fingerprint density at radius 3 is 2.41 bits per heavy atom. The number of carbonyl (C=O) groups is 2. The van der Waals surface area contributed by atoms with Gasteiger partial charge in [0.1, 0.15) is 17.1 Å². The highest BCUT2D eigenvalue weighted by Gasteiger charge is 2.43. The van der Waals surface area contributed by atoms with Crippen LogP contribution in [-0.2, 0) is 11.2 Å². The van der Waals surface area contributed by atoms with Crippen LogP contribution in [0.4, 0.5) is 10.6 Å². The number of rotatable bonds is 5. The number of carbonyl (C=O) groups excluding carboxylic acids is 2. The van der Waals surface area contributed by atoms with Gasteiger partial charge in [-0.3, -0.25) is 9.78 Å². The summed E-state index contributed by atoms with van der Waals surface area (Å²) in [5.41, 5.74) is 1.01. The van der Waals surface area contributed by atoms with E-state index >= 15 is 0 Å². The summed E-state index contributed by atoms with van der Waals surface area (Å²) in [4.78, 5) is 37.7. The first kappa shape index (κ1) is 22.0. The molecule has 2 aromatic rings. The number of nitrogens with one attached hydrogen (secondary N) is 1. The molecule has 1 N–H and O–H groups in total. The van der Waals surface area contributed by atoms with Crippen LogP contribution in [0.15, 0.2) is 42.7 Å². The van der Waals surface area contributed by atoms with E-state index in [0.29, 0.717) is 43.0 Å². The number of benzene rings is 1. The number of likely N-dealkylation sites (tertiary alicyclic amines) is 1. The van der Waals surface area contributed by atoms with Gasteiger partial charge in [-0.1, -0.05) is 30.3 Å². The maximum absolute atomic E-state index is 12.5. The molecule has 2 fully saturated rings. The van der Waals surface area contributed by atoms with E-state index in [1.54, 1.807) is 11.1 Å². The topological polar surface area (TPSA) is 87.7 Å². The van der Waals surface area contributed by atoms with Crippen LogP contribution in [0.5, 0.6) is 0 Å². The standard InChI is InChI=1S/C24H31N5O3/c1-24(2,3)32-23(31)29-15-18-13-28(14-19(18)16-29)21-12-25-11-20(27-21)22(30)26-10-9-17-7-5-4-6-8-17/h4-8,11-12,18-19H,9-10,13-16H2,1-3H3,(H,26,30)/t18-,19+. The van der Waals surface area contributed by atoms with Crippen molar-refractivity contribution in [3.05, 3.63) is 54.0 Å². The third kappa shape index (κ3) is 5.36. The van der Waals surface area contributed by atoms with Crippen molar-refractivity contribution in [3.8, 4) is 0 Å². The molecule has 2 aliphatic rings. The van der Waals surface area contributed by atoms with Crippen LogP contribution < -0.4 is 10.2 Å². The monoisotopic (exact) mass is 437 g/mol. The van der Waals surface area contributed by atoms with Crippen molar-refractivity contribution in [3.63, 3.8) is 0 Å². The highest BCUT2D eigenvalue weighted by Crippen LogP contribution is 2.33. The number of hydrogen-bond donors (Lipinski definition) is 1. The lowest BCUT2D eigenvalue weighted by atomic mass is 10.0. The van der Waals surface area contributed by atoms with Crippen LogP contribution in [0.2, 0.25) is 0 Å². The maximum atomic E-state index is 12.5. The number of hydrogen-bond acceptors (Lipinski definition) is 6. The highest BCUT2D eigenvalue weighted by atomic mass is 16.6. The number of nitrogens with zero attached hydrogens (tertiary/aromatic N) is 4. The molecule has 0 radical (unpaired) electrons. The van der Waals surface area contributed by atoms with Crippen LogP contribution in [0.25, 0.3) is 0 Å². The number of ether oxygens (including phenoxy) is 1. The molecular formula is C24H31N5O3. The average Bonchev–Trinajstić information content (AvgIpc) is 3.33. The Balaban J connectivity index is 1.30. The molecule has 0 spiro atoms. The average molecular weight is 438 g/mol. The second kappa shape index (κ2) is 9.14. The van der Waals surface area contributed by atoms with Gasteiger partial charge in [-0.05, 0) is 32.8 Å².